The highest BCUT2D eigenvalue weighted by molar-refractivity contribution is 7.91. The van der Waals surface area contributed by atoms with Gasteiger partial charge in [0.25, 0.3) is 10.2 Å². The molecule has 0 saturated heterocycles. The van der Waals surface area contributed by atoms with Gasteiger partial charge in [-0.15, -0.1) is 11.3 Å². The fourth-order valence-corrected chi connectivity index (χ4v) is 4.93. The van der Waals surface area contributed by atoms with Gasteiger partial charge in [-0.2, -0.15) is 13.1 Å². The summed E-state index contributed by atoms with van der Waals surface area (Å²) in [5.74, 6) is -0.501. The lowest BCUT2D eigenvalue weighted by Crippen LogP contribution is -2.32. The van der Waals surface area contributed by atoms with Crippen LogP contribution < -0.4 is 14.8 Å². The first-order valence-corrected chi connectivity index (χ1v) is 9.04. The molecule has 2 aliphatic rings. The van der Waals surface area contributed by atoms with E-state index in [1.54, 1.807) is 0 Å². The van der Waals surface area contributed by atoms with Crippen LogP contribution >= 0.6 is 11.3 Å². The molecular weight excluding hydrogens is 314 g/mol. The summed E-state index contributed by atoms with van der Waals surface area (Å²) in [5.41, 5.74) is 1.23. The van der Waals surface area contributed by atoms with Crippen molar-refractivity contribution < 1.29 is 17.9 Å². The van der Waals surface area contributed by atoms with Gasteiger partial charge in [0.05, 0.1) is 12.7 Å². The van der Waals surface area contributed by atoms with Crippen LogP contribution in [0.4, 0.5) is 5.00 Å². The summed E-state index contributed by atoms with van der Waals surface area (Å²) in [6.07, 6.45) is 2.40. The highest BCUT2D eigenvalue weighted by Crippen LogP contribution is 2.36. The Bertz CT molecular complexity index is 664. The first kappa shape index (κ1) is 14.8. The van der Waals surface area contributed by atoms with Crippen molar-refractivity contribution in [3.05, 3.63) is 16.0 Å². The van der Waals surface area contributed by atoms with Crippen molar-refractivity contribution in [2.24, 2.45) is 0 Å². The molecule has 1 aromatic rings. The summed E-state index contributed by atoms with van der Waals surface area (Å²) < 4.78 is 33.9. The molecule has 1 aliphatic heterocycles. The van der Waals surface area contributed by atoms with Gasteiger partial charge in [-0.3, -0.25) is 4.72 Å². The molecule has 1 aromatic heterocycles. The Balaban J connectivity index is 1.93. The van der Waals surface area contributed by atoms with Gasteiger partial charge in [-0.05, 0) is 31.4 Å². The van der Waals surface area contributed by atoms with Gasteiger partial charge in [-0.25, -0.2) is 4.79 Å². The molecular formula is C12H17N3O4S2. The van der Waals surface area contributed by atoms with E-state index in [1.807, 2.05) is 0 Å². The molecule has 0 bridgehead atoms. The Labute approximate surface area is 127 Å². The Morgan fingerprint density at radius 2 is 2.19 bits per heavy atom. The minimum absolute atomic E-state index is 0.0142. The second-order valence-corrected chi connectivity index (χ2v) is 7.68. The number of carbonyl (C=O) groups excluding carboxylic acids is 1. The Kier molecular flexibility index (Phi) is 3.91. The van der Waals surface area contributed by atoms with Crippen molar-refractivity contribution in [3.63, 3.8) is 0 Å². The lowest BCUT2D eigenvalue weighted by molar-refractivity contribution is 0.0601. The number of fused-ring (bicyclic) bond motifs is 1. The molecule has 0 radical (unpaired) electrons. The van der Waals surface area contributed by atoms with Crippen LogP contribution in [0, 0.1) is 0 Å². The number of nitrogens with one attached hydrogen (secondary N) is 3. The molecule has 1 fully saturated rings. The van der Waals surface area contributed by atoms with Crippen LogP contribution in [-0.4, -0.2) is 34.1 Å². The van der Waals surface area contributed by atoms with Gasteiger partial charge in [-0.1, -0.05) is 0 Å². The Morgan fingerprint density at radius 1 is 1.43 bits per heavy atom. The molecule has 21 heavy (non-hydrogen) atoms. The number of rotatable bonds is 5. The first-order valence-electron chi connectivity index (χ1n) is 6.74. The second-order valence-electron chi connectivity index (χ2n) is 5.12. The van der Waals surface area contributed by atoms with E-state index in [4.69, 9.17) is 4.74 Å². The van der Waals surface area contributed by atoms with E-state index in [2.05, 4.69) is 14.8 Å². The minimum Gasteiger partial charge on any atom is -0.465 e. The third kappa shape index (κ3) is 3.20. The highest BCUT2D eigenvalue weighted by atomic mass is 32.2. The standard InChI is InChI=1S/C12H17N3O4S2/c1-19-12(16)10-8-4-5-13-6-9(8)20-11(10)15-21(17,18)14-7-2-3-7/h7,13-15H,2-6H2,1H3. The van der Waals surface area contributed by atoms with Crippen molar-refractivity contribution in [2.75, 3.05) is 18.4 Å². The summed E-state index contributed by atoms with van der Waals surface area (Å²) in [6.45, 7) is 1.40. The van der Waals surface area contributed by atoms with Crippen molar-refractivity contribution in [1.82, 2.24) is 10.0 Å². The number of hydrogen-bond acceptors (Lipinski definition) is 6. The van der Waals surface area contributed by atoms with Crippen molar-refractivity contribution in [2.45, 2.75) is 31.8 Å². The summed E-state index contributed by atoms with van der Waals surface area (Å²) >= 11 is 1.29. The molecule has 1 saturated carbocycles. The zero-order valence-electron chi connectivity index (χ0n) is 11.6. The molecule has 0 atom stereocenters. The molecule has 3 N–H and O–H groups in total. The fraction of sp³-hybridized carbons (Fsp3) is 0.583. The predicted molar refractivity (Wildman–Crippen MR) is 79.8 cm³/mol. The summed E-state index contributed by atoms with van der Waals surface area (Å²) in [4.78, 5) is 13.0. The predicted octanol–water partition coefficient (Wildman–Crippen LogP) is 0.589. The number of methoxy groups -OCH3 is 1. The van der Waals surface area contributed by atoms with Crippen LogP contribution in [0.2, 0.25) is 0 Å². The number of hydrogen-bond donors (Lipinski definition) is 3. The molecule has 0 aromatic carbocycles. The maximum absolute atomic E-state index is 12.0. The van der Waals surface area contributed by atoms with E-state index < -0.39 is 16.2 Å². The highest BCUT2D eigenvalue weighted by Gasteiger charge is 2.31. The molecule has 9 heteroatoms. The summed E-state index contributed by atoms with van der Waals surface area (Å²) in [5, 5.41) is 3.55. The van der Waals surface area contributed by atoms with E-state index in [-0.39, 0.29) is 6.04 Å². The molecule has 3 rings (SSSR count). The van der Waals surface area contributed by atoms with Crippen molar-refractivity contribution in [3.8, 4) is 0 Å². The Morgan fingerprint density at radius 3 is 2.86 bits per heavy atom. The molecule has 1 aliphatic carbocycles. The normalized spacial score (nSPS) is 18.1. The van der Waals surface area contributed by atoms with Gasteiger partial charge < -0.3 is 10.1 Å². The lowest BCUT2D eigenvalue weighted by Gasteiger charge is -2.13. The molecule has 7 nitrogen and oxygen atoms in total. The van der Waals surface area contributed by atoms with Crippen LogP contribution in [0.5, 0.6) is 0 Å². The quantitative estimate of drug-likeness (QED) is 0.686. The van der Waals surface area contributed by atoms with Gasteiger partial charge >= 0.3 is 5.97 Å². The number of ether oxygens (including phenoxy) is 1. The van der Waals surface area contributed by atoms with Crippen molar-refractivity contribution >= 4 is 32.5 Å². The fourth-order valence-electron chi connectivity index (χ4n) is 2.30. The zero-order chi connectivity index (χ0) is 15.0. The Hall–Kier alpha value is -1.16. The van der Waals surface area contributed by atoms with E-state index >= 15 is 0 Å². The van der Waals surface area contributed by atoms with Crippen LogP contribution in [-0.2, 0) is 27.9 Å². The first-order chi connectivity index (χ1) is 10.00. The monoisotopic (exact) mass is 331 g/mol. The molecule has 2 heterocycles. The van der Waals surface area contributed by atoms with E-state index in [1.165, 1.54) is 18.4 Å². The maximum Gasteiger partial charge on any atom is 0.341 e. The number of anilines is 1. The van der Waals surface area contributed by atoms with Crippen LogP contribution in [0.3, 0.4) is 0 Å². The minimum atomic E-state index is -3.65. The van der Waals surface area contributed by atoms with Gasteiger partial charge in [0.15, 0.2) is 0 Å². The maximum atomic E-state index is 12.0. The summed E-state index contributed by atoms with van der Waals surface area (Å²) in [7, 11) is -2.35. The van der Waals surface area contributed by atoms with Gasteiger partial charge in [0, 0.05) is 17.5 Å². The van der Waals surface area contributed by atoms with Crippen molar-refractivity contribution in [1.29, 1.82) is 0 Å². The summed E-state index contributed by atoms with van der Waals surface area (Å²) in [6, 6.07) is 0.0142. The third-order valence-corrected chi connectivity index (χ3v) is 5.84. The second kappa shape index (κ2) is 5.56. The number of thiophene rings is 1. The van der Waals surface area contributed by atoms with E-state index in [0.29, 0.717) is 23.5 Å². The average Bonchev–Trinajstić information content (AvgIpc) is 3.16. The molecule has 0 unspecified atom stereocenters. The van der Waals surface area contributed by atoms with E-state index in [9.17, 15) is 13.2 Å². The number of esters is 1. The molecule has 0 spiro atoms. The largest absolute Gasteiger partial charge is 0.465 e. The topological polar surface area (TPSA) is 96.5 Å². The number of carbonyl (C=O) groups is 1. The average molecular weight is 331 g/mol. The lowest BCUT2D eigenvalue weighted by atomic mass is 10.0. The van der Waals surface area contributed by atoms with Crippen LogP contribution in [0.1, 0.15) is 33.6 Å². The van der Waals surface area contributed by atoms with E-state index in [0.717, 1.165) is 29.8 Å². The van der Waals surface area contributed by atoms with Gasteiger partial charge in [0.2, 0.25) is 0 Å². The van der Waals surface area contributed by atoms with Crippen LogP contribution in [0.15, 0.2) is 0 Å². The smallest absolute Gasteiger partial charge is 0.341 e. The molecule has 0 amide bonds. The van der Waals surface area contributed by atoms with Gasteiger partial charge in [0.1, 0.15) is 5.00 Å². The SMILES string of the molecule is COC(=O)c1c(NS(=O)(=O)NC2CC2)sc2c1CCNC2. The zero-order valence-corrected chi connectivity index (χ0v) is 13.2. The molecule has 116 valence electrons. The van der Waals surface area contributed by atoms with Crippen LogP contribution in [0.25, 0.3) is 0 Å². The third-order valence-electron chi connectivity index (χ3n) is 3.44.